The van der Waals surface area contributed by atoms with Crippen molar-refractivity contribution in [3.8, 4) is 0 Å². The lowest BCUT2D eigenvalue weighted by molar-refractivity contribution is -0.138. The molecule has 0 saturated carbocycles. The number of carbonyl (C=O) groups excluding carboxylic acids is 2. The third-order valence-corrected chi connectivity index (χ3v) is 2.47. The summed E-state index contributed by atoms with van der Waals surface area (Å²) in [6.07, 6.45) is -0.515. The molecule has 0 radical (unpaired) electrons. The standard InChI is InChI=1S/C13H21ClN6O4/c1-13(2,3)24-12(22)16-6-5-15-10-18-9(14)19-11(20-10)17-7-8(21)23-4/h5-7H2,1-4H3,(H,16,22)(H2,15,17,18,19,20). The highest BCUT2D eigenvalue weighted by atomic mass is 35.5. The second-order valence-corrected chi connectivity index (χ2v) is 5.87. The summed E-state index contributed by atoms with van der Waals surface area (Å²) in [7, 11) is 1.27. The number of ether oxygens (including phenoxy) is 2. The maximum atomic E-state index is 11.5. The highest BCUT2D eigenvalue weighted by Gasteiger charge is 2.15. The smallest absolute Gasteiger partial charge is 0.407 e. The number of rotatable bonds is 7. The summed E-state index contributed by atoms with van der Waals surface area (Å²) in [5.74, 6) is -0.140. The molecule has 0 aromatic carbocycles. The molecule has 0 aliphatic carbocycles. The molecule has 3 N–H and O–H groups in total. The van der Waals surface area contributed by atoms with Crippen LogP contribution in [0.4, 0.5) is 16.7 Å². The molecule has 0 fully saturated rings. The Morgan fingerprint density at radius 2 is 1.71 bits per heavy atom. The van der Waals surface area contributed by atoms with Crippen LogP contribution in [0.5, 0.6) is 0 Å². The highest BCUT2D eigenvalue weighted by molar-refractivity contribution is 6.28. The van der Waals surface area contributed by atoms with E-state index in [1.807, 2.05) is 0 Å². The predicted octanol–water partition coefficient (Wildman–Crippen LogP) is 1.05. The van der Waals surface area contributed by atoms with E-state index in [1.54, 1.807) is 20.8 Å². The SMILES string of the molecule is COC(=O)CNc1nc(Cl)nc(NCCNC(=O)OC(C)(C)C)n1. The van der Waals surface area contributed by atoms with Crippen LogP contribution in [0, 0.1) is 0 Å². The zero-order valence-corrected chi connectivity index (χ0v) is 14.7. The fraction of sp³-hybridized carbons (Fsp3) is 0.615. The first-order valence-electron chi connectivity index (χ1n) is 7.12. The molecule has 134 valence electrons. The van der Waals surface area contributed by atoms with Gasteiger partial charge in [-0.2, -0.15) is 15.0 Å². The summed E-state index contributed by atoms with van der Waals surface area (Å²) in [4.78, 5) is 34.3. The van der Waals surface area contributed by atoms with Gasteiger partial charge in [0, 0.05) is 13.1 Å². The average molecular weight is 361 g/mol. The van der Waals surface area contributed by atoms with Crippen molar-refractivity contribution in [2.24, 2.45) is 0 Å². The first kappa shape index (κ1) is 19.7. The largest absolute Gasteiger partial charge is 0.468 e. The molecule has 11 heteroatoms. The number of nitrogens with one attached hydrogen (secondary N) is 3. The second kappa shape index (κ2) is 9.06. The van der Waals surface area contributed by atoms with E-state index in [1.165, 1.54) is 7.11 Å². The van der Waals surface area contributed by atoms with Crippen molar-refractivity contribution in [1.29, 1.82) is 0 Å². The number of aromatic nitrogens is 3. The van der Waals surface area contributed by atoms with E-state index in [0.29, 0.717) is 13.1 Å². The quantitative estimate of drug-likeness (QED) is 0.482. The van der Waals surface area contributed by atoms with Gasteiger partial charge in [-0.05, 0) is 32.4 Å². The Kier molecular flexibility index (Phi) is 7.43. The lowest BCUT2D eigenvalue weighted by atomic mass is 10.2. The lowest BCUT2D eigenvalue weighted by Gasteiger charge is -2.19. The Morgan fingerprint density at radius 1 is 1.08 bits per heavy atom. The number of halogens is 1. The monoisotopic (exact) mass is 360 g/mol. The van der Waals surface area contributed by atoms with Gasteiger partial charge in [0.25, 0.3) is 0 Å². The van der Waals surface area contributed by atoms with Gasteiger partial charge in [-0.25, -0.2) is 4.79 Å². The molecule has 1 heterocycles. The molecule has 1 rings (SSSR count). The Morgan fingerprint density at radius 3 is 2.29 bits per heavy atom. The number of methoxy groups -OCH3 is 1. The Hall–Kier alpha value is -2.36. The Bertz CT molecular complexity index is 578. The number of alkyl carbamates (subject to hydrolysis) is 1. The van der Waals surface area contributed by atoms with E-state index in [-0.39, 0.29) is 23.7 Å². The van der Waals surface area contributed by atoms with Gasteiger partial charge in [-0.1, -0.05) is 0 Å². The number of hydrogen-bond donors (Lipinski definition) is 3. The van der Waals surface area contributed by atoms with Crippen LogP contribution in [0.25, 0.3) is 0 Å². The molecule has 0 atom stereocenters. The minimum atomic E-state index is -0.556. The van der Waals surface area contributed by atoms with Crippen LogP contribution in [0.3, 0.4) is 0 Å². The molecular weight excluding hydrogens is 340 g/mol. The van der Waals surface area contributed by atoms with Gasteiger partial charge in [-0.3, -0.25) is 4.79 Å². The Balaban J connectivity index is 2.43. The van der Waals surface area contributed by atoms with E-state index in [0.717, 1.165) is 0 Å². The molecule has 0 spiro atoms. The van der Waals surface area contributed by atoms with Crippen LogP contribution in [-0.4, -0.2) is 59.4 Å². The molecule has 24 heavy (non-hydrogen) atoms. The summed E-state index contributed by atoms with van der Waals surface area (Å²) in [5.41, 5.74) is -0.556. The summed E-state index contributed by atoms with van der Waals surface area (Å²) in [5, 5.41) is 8.07. The van der Waals surface area contributed by atoms with Crippen LogP contribution in [0.15, 0.2) is 0 Å². The topological polar surface area (TPSA) is 127 Å². The number of hydrogen-bond acceptors (Lipinski definition) is 9. The minimum Gasteiger partial charge on any atom is -0.468 e. The number of amides is 1. The summed E-state index contributed by atoms with van der Waals surface area (Å²) < 4.78 is 9.59. The molecule has 0 saturated heterocycles. The highest BCUT2D eigenvalue weighted by Crippen LogP contribution is 2.09. The van der Waals surface area contributed by atoms with Crippen LogP contribution in [-0.2, 0) is 14.3 Å². The molecule has 0 unspecified atom stereocenters. The van der Waals surface area contributed by atoms with Gasteiger partial charge >= 0.3 is 12.1 Å². The maximum absolute atomic E-state index is 11.5. The third-order valence-electron chi connectivity index (χ3n) is 2.30. The predicted molar refractivity (Wildman–Crippen MR) is 88.1 cm³/mol. The fourth-order valence-corrected chi connectivity index (χ4v) is 1.54. The first-order chi connectivity index (χ1) is 11.2. The van der Waals surface area contributed by atoms with Gasteiger partial charge in [-0.15, -0.1) is 0 Å². The van der Waals surface area contributed by atoms with Crippen molar-refractivity contribution in [2.75, 3.05) is 37.4 Å². The van der Waals surface area contributed by atoms with Gasteiger partial charge in [0.2, 0.25) is 17.2 Å². The van der Waals surface area contributed by atoms with Gasteiger partial charge in [0.15, 0.2) is 0 Å². The molecule has 0 aliphatic heterocycles. The second-order valence-electron chi connectivity index (χ2n) is 5.54. The molecule has 0 bridgehead atoms. The van der Waals surface area contributed by atoms with Crippen molar-refractivity contribution in [1.82, 2.24) is 20.3 Å². The lowest BCUT2D eigenvalue weighted by Crippen LogP contribution is -2.35. The van der Waals surface area contributed by atoms with E-state index in [4.69, 9.17) is 16.3 Å². The maximum Gasteiger partial charge on any atom is 0.407 e. The Labute approximate surface area is 144 Å². The molecule has 0 aliphatic rings. The molecular formula is C13H21ClN6O4. The normalized spacial score (nSPS) is 10.7. The minimum absolute atomic E-state index is 0.0417. The zero-order valence-electron chi connectivity index (χ0n) is 14.0. The third kappa shape index (κ3) is 8.32. The zero-order chi connectivity index (χ0) is 18.2. The van der Waals surface area contributed by atoms with Crippen molar-refractivity contribution in [2.45, 2.75) is 26.4 Å². The van der Waals surface area contributed by atoms with Gasteiger partial charge in [0.1, 0.15) is 12.1 Å². The van der Waals surface area contributed by atoms with E-state index >= 15 is 0 Å². The number of anilines is 2. The van der Waals surface area contributed by atoms with Crippen LogP contribution in [0.1, 0.15) is 20.8 Å². The van der Waals surface area contributed by atoms with E-state index < -0.39 is 17.7 Å². The van der Waals surface area contributed by atoms with Gasteiger partial charge in [0.05, 0.1) is 7.11 Å². The molecule has 1 aromatic rings. The van der Waals surface area contributed by atoms with Gasteiger partial charge < -0.3 is 25.4 Å². The number of nitrogens with zero attached hydrogens (tertiary/aromatic N) is 3. The van der Waals surface area contributed by atoms with E-state index in [9.17, 15) is 9.59 Å². The van der Waals surface area contributed by atoms with Crippen LogP contribution in [0.2, 0.25) is 5.28 Å². The average Bonchev–Trinajstić information content (AvgIpc) is 2.47. The van der Waals surface area contributed by atoms with Crippen molar-refractivity contribution in [3.05, 3.63) is 5.28 Å². The van der Waals surface area contributed by atoms with Crippen molar-refractivity contribution >= 4 is 35.6 Å². The molecule has 1 amide bonds. The van der Waals surface area contributed by atoms with Crippen LogP contribution < -0.4 is 16.0 Å². The van der Waals surface area contributed by atoms with E-state index in [2.05, 4.69) is 35.6 Å². The molecule has 10 nitrogen and oxygen atoms in total. The molecule has 1 aromatic heterocycles. The summed E-state index contributed by atoms with van der Waals surface area (Å²) in [6.45, 7) is 5.87. The number of esters is 1. The fourth-order valence-electron chi connectivity index (χ4n) is 1.38. The first-order valence-corrected chi connectivity index (χ1v) is 7.50. The van der Waals surface area contributed by atoms with Crippen molar-refractivity contribution in [3.63, 3.8) is 0 Å². The summed E-state index contributed by atoms with van der Waals surface area (Å²) in [6, 6.07) is 0. The number of carbonyl (C=O) groups is 2. The van der Waals surface area contributed by atoms with Crippen LogP contribution >= 0.6 is 11.6 Å². The summed E-state index contributed by atoms with van der Waals surface area (Å²) >= 11 is 5.79. The van der Waals surface area contributed by atoms with Crippen molar-refractivity contribution < 1.29 is 19.1 Å².